The molecule has 0 saturated carbocycles. The number of amides is 1. The van der Waals surface area contributed by atoms with Gasteiger partial charge in [0.1, 0.15) is 11.6 Å². The largest absolute Gasteiger partial charge is 0.497 e. The van der Waals surface area contributed by atoms with Gasteiger partial charge in [0, 0.05) is 57.3 Å². The average Bonchev–Trinajstić information content (AvgIpc) is 3.00. The van der Waals surface area contributed by atoms with Gasteiger partial charge < -0.3 is 19.6 Å². The molecule has 1 atom stereocenters. The van der Waals surface area contributed by atoms with E-state index < -0.39 is 0 Å². The summed E-state index contributed by atoms with van der Waals surface area (Å²) in [5, 5.41) is 11.1. The Morgan fingerprint density at radius 2 is 1.87 bits per heavy atom. The molecule has 1 spiro atoms. The van der Waals surface area contributed by atoms with Gasteiger partial charge in [-0.1, -0.05) is 0 Å². The van der Waals surface area contributed by atoms with Gasteiger partial charge in [0.25, 0.3) is 6.47 Å². The minimum absolute atomic E-state index is 0.107. The lowest BCUT2D eigenvalue weighted by molar-refractivity contribution is -0.150. The number of hydrogen-bond acceptors (Lipinski definition) is 6. The van der Waals surface area contributed by atoms with E-state index in [0.717, 1.165) is 44.2 Å². The maximum atomic E-state index is 12.9. The lowest BCUT2D eigenvalue weighted by Crippen LogP contribution is -2.73. The molecule has 1 unspecified atom stereocenters. The third-order valence-corrected chi connectivity index (χ3v) is 6.41. The normalized spacial score (nSPS) is 20.6. The summed E-state index contributed by atoms with van der Waals surface area (Å²) in [5.74, 6) is 1.74. The molecule has 2 fully saturated rings. The van der Waals surface area contributed by atoms with Crippen molar-refractivity contribution < 1.29 is 19.4 Å². The second kappa shape index (κ2) is 8.09. The molecule has 166 valence electrons. The van der Waals surface area contributed by atoms with Crippen LogP contribution >= 0.6 is 0 Å². The van der Waals surface area contributed by atoms with Crippen LogP contribution in [0.1, 0.15) is 12.2 Å². The summed E-state index contributed by atoms with van der Waals surface area (Å²) in [7, 11) is 3.33. The Labute approximate surface area is 179 Å². The van der Waals surface area contributed by atoms with E-state index in [1.54, 1.807) is 18.7 Å². The molecule has 0 aliphatic carbocycles. The summed E-state index contributed by atoms with van der Waals surface area (Å²) in [4.78, 5) is 37.7. The molecule has 2 saturated heterocycles. The fraction of sp³-hybridized carbons (Fsp3) is 0.524. The fourth-order valence-corrected chi connectivity index (χ4v) is 4.86. The van der Waals surface area contributed by atoms with Crippen molar-refractivity contribution in [3.05, 3.63) is 40.6 Å². The number of benzene rings is 1. The highest BCUT2D eigenvalue weighted by molar-refractivity contribution is 5.80. The standard InChI is InChI=1S/C20H25N5O3.CH2O2/c1-22-19(27)25-9-14(3-8-17(25)21-22)18(26)24-12-20(13-24)10-23(11-20)15-4-6-16(28-2)7-5-15;2-1-3/h4-7,14H,3,8-13H2,1-2H3;1H,(H,2,3). The Morgan fingerprint density at radius 3 is 2.48 bits per heavy atom. The summed E-state index contributed by atoms with van der Waals surface area (Å²) in [6, 6.07) is 8.13. The highest BCUT2D eigenvalue weighted by Gasteiger charge is 2.54. The molecule has 2 aromatic rings. The molecule has 1 aromatic carbocycles. The number of fused-ring (bicyclic) bond motifs is 1. The van der Waals surface area contributed by atoms with E-state index in [4.69, 9.17) is 14.6 Å². The van der Waals surface area contributed by atoms with Crippen LogP contribution in [0.25, 0.3) is 0 Å². The monoisotopic (exact) mass is 429 g/mol. The van der Waals surface area contributed by atoms with Crippen molar-refractivity contribution >= 4 is 18.1 Å². The van der Waals surface area contributed by atoms with Gasteiger partial charge in [0.2, 0.25) is 5.91 Å². The van der Waals surface area contributed by atoms with Gasteiger partial charge in [-0.3, -0.25) is 14.2 Å². The van der Waals surface area contributed by atoms with Gasteiger partial charge in [0.15, 0.2) is 0 Å². The van der Waals surface area contributed by atoms with Crippen LogP contribution in [0.2, 0.25) is 0 Å². The predicted octanol–water partition coefficient (Wildman–Crippen LogP) is 0.202. The van der Waals surface area contributed by atoms with Gasteiger partial charge in [0.05, 0.1) is 13.0 Å². The molecule has 31 heavy (non-hydrogen) atoms. The zero-order valence-electron chi connectivity index (χ0n) is 17.7. The molecule has 0 bridgehead atoms. The quantitative estimate of drug-likeness (QED) is 0.694. The zero-order chi connectivity index (χ0) is 22.2. The smallest absolute Gasteiger partial charge is 0.345 e. The number of nitrogens with zero attached hydrogens (tertiary/aromatic N) is 5. The van der Waals surface area contributed by atoms with Gasteiger partial charge in [-0.2, -0.15) is 5.10 Å². The van der Waals surface area contributed by atoms with Crippen LogP contribution < -0.4 is 15.3 Å². The number of hydrogen-bond donors (Lipinski definition) is 1. The maximum absolute atomic E-state index is 12.9. The summed E-state index contributed by atoms with van der Waals surface area (Å²) in [6.45, 7) is 3.83. The molecule has 3 aliphatic heterocycles. The summed E-state index contributed by atoms with van der Waals surface area (Å²) < 4.78 is 8.24. The van der Waals surface area contributed by atoms with Crippen molar-refractivity contribution in [2.45, 2.75) is 19.4 Å². The number of likely N-dealkylation sites (tertiary alicyclic amines) is 1. The van der Waals surface area contributed by atoms with Gasteiger partial charge in [-0.25, -0.2) is 9.48 Å². The molecule has 5 rings (SSSR count). The van der Waals surface area contributed by atoms with Crippen LogP contribution in [0.4, 0.5) is 5.69 Å². The van der Waals surface area contributed by atoms with E-state index >= 15 is 0 Å². The molecule has 10 heteroatoms. The van der Waals surface area contributed by atoms with E-state index in [-0.39, 0.29) is 29.4 Å². The van der Waals surface area contributed by atoms with Crippen molar-refractivity contribution in [2.24, 2.45) is 18.4 Å². The molecule has 1 N–H and O–H groups in total. The summed E-state index contributed by atoms with van der Waals surface area (Å²) >= 11 is 0. The number of carbonyl (C=O) groups is 2. The molecule has 4 heterocycles. The van der Waals surface area contributed by atoms with E-state index in [1.807, 2.05) is 17.0 Å². The lowest BCUT2D eigenvalue weighted by atomic mass is 9.72. The highest BCUT2D eigenvalue weighted by Crippen LogP contribution is 2.43. The molecular formula is C21H27N5O5. The van der Waals surface area contributed by atoms with Crippen LogP contribution in [0, 0.1) is 11.3 Å². The topological polar surface area (TPSA) is 110 Å². The second-order valence-electron chi connectivity index (χ2n) is 8.52. The zero-order valence-corrected chi connectivity index (χ0v) is 17.7. The number of anilines is 1. The number of carbonyl (C=O) groups excluding carboxylic acids is 1. The number of aromatic nitrogens is 3. The number of aryl methyl sites for hydroxylation is 2. The van der Waals surface area contributed by atoms with E-state index in [1.165, 1.54) is 10.4 Å². The Hall–Kier alpha value is -3.30. The van der Waals surface area contributed by atoms with Gasteiger partial charge >= 0.3 is 5.69 Å². The molecule has 3 aliphatic rings. The van der Waals surface area contributed by atoms with Crippen LogP contribution in [0.15, 0.2) is 29.1 Å². The SMILES string of the molecule is COc1ccc(N2CC3(CN(C(=O)C4CCc5nn(C)c(=O)n5C4)C3)C2)cc1.O=CO. The van der Waals surface area contributed by atoms with Crippen LogP contribution in [0.5, 0.6) is 5.75 Å². The third-order valence-electron chi connectivity index (χ3n) is 6.41. The lowest BCUT2D eigenvalue weighted by Gasteiger charge is -2.61. The van der Waals surface area contributed by atoms with Crippen molar-refractivity contribution in [3.63, 3.8) is 0 Å². The third kappa shape index (κ3) is 3.77. The Bertz CT molecular complexity index is 1010. The first-order valence-electron chi connectivity index (χ1n) is 10.3. The average molecular weight is 429 g/mol. The summed E-state index contributed by atoms with van der Waals surface area (Å²) in [6.07, 6.45) is 1.47. The Balaban J connectivity index is 0.000000730. The molecule has 1 amide bonds. The van der Waals surface area contributed by atoms with Gasteiger partial charge in [-0.15, -0.1) is 0 Å². The van der Waals surface area contributed by atoms with Crippen molar-refractivity contribution in [1.82, 2.24) is 19.2 Å². The first-order chi connectivity index (χ1) is 14.9. The predicted molar refractivity (Wildman–Crippen MR) is 112 cm³/mol. The number of ether oxygens (including phenoxy) is 1. The molecule has 1 aromatic heterocycles. The first kappa shape index (κ1) is 21.0. The molecule has 0 radical (unpaired) electrons. The highest BCUT2D eigenvalue weighted by atomic mass is 16.5. The Kier molecular flexibility index (Phi) is 5.47. The van der Waals surface area contributed by atoms with Crippen LogP contribution in [-0.2, 0) is 29.6 Å². The van der Waals surface area contributed by atoms with E-state index in [2.05, 4.69) is 22.1 Å². The van der Waals surface area contributed by atoms with Crippen molar-refractivity contribution in [2.75, 3.05) is 38.2 Å². The van der Waals surface area contributed by atoms with E-state index in [0.29, 0.717) is 13.0 Å². The fourth-order valence-electron chi connectivity index (χ4n) is 4.86. The number of carboxylic acid groups (broad SMARTS) is 1. The minimum Gasteiger partial charge on any atom is -0.497 e. The summed E-state index contributed by atoms with van der Waals surface area (Å²) in [5.41, 5.74) is 1.31. The number of methoxy groups -OCH3 is 1. The van der Waals surface area contributed by atoms with Crippen LogP contribution in [-0.4, -0.2) is 70.0 Å². The van der Waals surface area contributed by atoms with Crippen molar-refractivity contribution in [3.8, 4) is 5.75 Å². The molecule has 10 nitrogen and oxygen atoms in total. The molecular weight excluding hydrogens is 402 g/mol. The number of rotatable bonds is 3. The maximum Gasteiger partial charge on any atom is 0.345 e. The van der Waals surface area contributed by atoms with Gasteiger partial charge in [-0.05, 0) is 30.7 Å². The first-order valence-corrected chi connectivity index (χ1v) is 10.3. The second-order valence-corrected chi connectivity index (χ2v) is 8.52. The van der Waals surface area contributed by atoms with E-state index in [9.17, 15) is 9.59 Å². The Morgan fingerprint density at radius 1 is 1.23 bits per heavy atom. The minimum atomic E-state index is -0.250. The van der Waals surface area contributed by atoms with Crippen LogP contribution in [0.3, 0.4) is 0 Å². The van der Waals surface area contributed by atoms with Crippen molar-refractivity contribution in [1.29, 1.82) is 0 Å².